The van der Waals surface area contributed by atoms with Gasteiger partial charge in [0.15, 0.2) is 11.1 Å². The second-order valence-electron chi connectivity index (χ2n) is 6.77. The minimum absolute atomic E-state index is 0.103. The van der Waals surface area contributed by atoms with Crippen molar-refractivity contribution in [3.63, 3.8) is 0 Å². The van der Waals surface area contributed by atoms with E-state index >= 15 is 0 Å². The Bertz CT molecular complexity index is 848. The van der Waals surface area contributed by atoms with Gasteiger partial charge in [0.25, 0.3) is 5.91 Å². The standard InChI is InChI=1S/C18H17N3O5.C4H10/c1-19-16(18(23)20-12-22)9-14-7-8-15(10-17(14)26-21-24)25-11-13-5-3-2-4-6-13;1-4(2)3/h2-10,12,19H,11H2,1H3,(H,20,22,23);4H,1-3H3/b16-9+;. The molecule has 0 fully saturated rings. The number of imide groups is 1. The normalized spacial score (nSPS) is 10.4. The lowest BCUT2D eigenvalue weighted by Gasteiger charge is -2.10. The van der Waals surface area contributed by atoms with Crippen LogP contribution in [0.2, 0.25) is 0 Å². The van der Waals surface area contributed by atoms with Crippen LogP contribution in [0.4, 0.5) is 0 Å². The molecule has 2 N–H and O–H groups in total. The minimum Gasteiger partial charge on any atom is -0.489 e. The van der Waals surface area contributed by atoms with Crippen molar-refractivity contribution in [2.24, 2.45) is 11.3 Å². The molecule has 0 saturated carbocycles. The Morgan fingerprint density at radius 1 is 1.13 bits per heavy atom. The molecule has 0 bridgehead atoms. The average molecular weight is 413 g/mol. The summed E-state index contributed by atoms with van der Waals surface area (Å²) < 4.78 is 5.67. The lowest BCUT2D eigenvalue weighted by Crippen LogP contribution is -2.28. The van der Waals surface area contributed by atoms with Gasteiger partial charge in [-0.3, -0.25) is 14.9 Å². The van der Waals surface area contributed by atoms with Crippen LogP contribution < -0.4 is 20.2 Å². The van der Waals surface area contributed by atoms with Gasteiger partial charge in [0.2, 0.25) is 6.41 Å². The van der Waals surface area contributed by atoms with Crippen molar-refractivity contribution in [2.45, 2.75) is 27.4 Å². The Hall–Kier alpha value is -3.68. The Kier molecular flexibility index (Phi) is 11.0. The molecule has 160 valence electrons. The maximum Gasteiger partial charge on any atom is 0.273 e. The number of rotatable bonds is 9. The smallest absolute Gasteiger partial charge is 0.273 e. The fourth-order valence-corrected chi connectivity index (χ4v) is 2.12. The number of amides is 2. The Morgan fingerprint density at radius 2 is 1.80 bits per heavy atom. The zero-order valence-corrected chi connectivity index (χ0v) is 17.5. The van der Waals surface area contributed by atoms with Crippen molar-refractivity contribution >= 4 is 18.4 Å². The summed E-state index contributed by atoms with van der Waals surface area (Å²) in [4.78, 5) is 37.4. The number of benzene rings is 2. The van der Waals surface area contributed by atoms with Crippen molar-refractivity contribution in [2.75, 3.05) is 7.05 Å². The number of hydrogen-bond acceptors (Lipinski definition) is 7. The summed E-state index contributed by atoms with van der Waals surface area (Å²) in [5, 5.41) is 7.11. The van der Waals surface area contributed by atoms with Crippen LogP contribution in [0, 0.1) is 10.8 Å². The number of hydrogen-bond donors (Lipinski definition) is 2. The second kappa shape index (κ2) is 13.5. The molecule has 0 aliphatic carbocycles. The first-order chi connectivity index (χ1) is 14.4. The van der Waals surface area contributed by atoms with Crippen molar-refractivity contribution in [3.05, 3.63) is 70.3 Å². The fourth-order valence-electron chi connectivity index (χ4n) is 2.12. The van der Waals surface area contributed by atoms with Gasteiger partial charge in [-0.1, -0.05) is 51.1 Å². The molecule has 0 aliphatic rings. The number of nitrogens with one attached hydrogen (secondary N) is 2. The first-order valence-corrected chi connectivity index (χ1v) is 9.35. The van der Waals surface area contributed by atoms with Gasteiger partial charge in [-0.05, 0) is 29.7 Å². The molecule has 8 heteroatoms. The highest BCUT2D eigenvalue weighted by Gasteiger charge is 2.11. The molecule has 8 nitrogen and oxygen atoms in total. The second-order valence-corrected chi connectivity index (χ2v) is 6.77. The summed E-state index contributed by atoms with van der Waals surface area (Å²) >= 11 is 0. The molecule has 2 amide bonds. The van der Waals surface area contributed by atoms with E-state index in [-0.39, 0.29) is 17.9 Å². The average Bonchev–Trinajstić information content (AvgIpc) is 2.72. The summed E-state index contributed by atoms with van der Waals surface area (Å²) in [5.41, 5.74) is 1.49. The van der Waals surface area contributed by atoms with E-state index in [0.29, 0.717) is 17.9 Å². The summed E-state index contributed by atoms with van der Waals surface area (Å²) in [7, 11) is 1.52. The van der Waals surface area contributed by atoms with Crippen molar-refractivity contribution < 1.29 is 19.2 Å². The molecule has 0 spiro atoms. The molecular formula is C22H27N3O5. The molecule has 2 aromatic rings. The molecule has 0 radical (unpaired) electrons. The largest absolute Gasteiger partial charge is 0.489 e. The van der Waals surface area contributed by atoms with Gasteiger partial charge in [-0.25, -0.2) is 0 Å². The van der Waals surface area contributed by atoms with Crippen LogP contribution in [0.1, 0.15) is 31.9 Å². The minimum atomic E-state index is -0.628. The number of ether oxygens (including phenoxy) is 1. The zero-order valence-electron chi connectivity index (χ0n) is 17.5. The van der Waals surface area contributed by atoms with E-state index in [1.165, 1.54) is 19.2 Å². The molecule has 0 aliphatic heterocycles. The first-order valence-electron chi connectivity index (χ1n) is 9.35. The van der Waals surface area contributed by atoms with Crippen LogP contribution in [0.5, 0.6) is 11.5 Å². The highest BCUT2D eigenvalue weighted by molar-refractivity contribution is 6.02. The van der Waals surface area contributed by atoms with Gasteiger partial charge >= 0.3 is 0 Å². The lowest BCUT2D eigenvalue weighted by molar-refractivity contribution is -0.122. The first kappa shape index (κ1) is 24.4. The number of nitrogens with zero attached hydrogens (tertiary/aromatic N) is 1. The summed E-state index contributed by atoms with van der Waals surface area (Å²) in [6.45, 7) is 6.84. The lowest BCUT2D eigenvalue weighted by atomic mass is 10.1. The van der Waals surface area contributed by atoms with Gasteiger partial charge in [0, 0.05) is 18.7 Å². The van der Waals surface area contributed by atoms with E-state index in [9.17, 15) is 14.5 Å². The molecule has 0 saturated heterocycles. The maximum atomic E-state index is 11.8. The van der Waals surface area contributed by atoms with E-state index in [1.807, 2.05) is 35.6 Å². The molecular weight excluding hydrogens is 386 g/mol. The Balaban J connectivity index is 0.00000103. The van der Waals surface area contributed by atoms with Gasteiger partial charge in [0.05, 0.1) is 0 Å². The summed E-state index contributed by atoms with van der Waals surface area (Å²) in [6, 6.07) is 14.3. The van der Waals surface area contributed by atoms with E-state index < -0.39 is 5.91 Å². The van der Waals surface area contributed by atoms with Crippen LogP contribution >= 0.6 is 0 Å². The van der Waals surface area contributed by atoms with Gasteiger partial charge in [-0.15, -0.1) is 4.91 Å². The van der Waals surface area contributed by atoms with Crippen LogP contribution in [0.15, 0.2) is 59.6 Å². The molecule has 2 rings (SSSR count). The van der Waals surface area contributed by atoms with E-state index in [4.69, 9.17) is 9.57 Å². The third-order valence-corrected chi connectivity index (χ3v) is 3.37. The summed E-state index contributed by atoms with van der Waals surface area (Å²) in [5.74, 6) is 0.780. The van der Waals surface area contributed by atoms with Crippen LogP contribution in [0.3, 0.4) is 0 Å². The summed E-state index contributed by atoms with van der Waals surface area (Å²) in [6.07, 6.45) is 1.69. The van der Waals surface area contributed by atoms with E-state index in [1.54, 1.807) is 12.1 Å². The van der Waals surface area contributed by atoms with Crippen molar-refractivity contribution in [1.29, 1.82) is 0 Å². The number of carbonyl (C=O) groups is 2. The highest BCUT2D eigenvalue weighted by atomic mass is 16.7. The highest BCUT2D eigenvalue weighted by Crippen LogP contribution is 2.27. The number of likely N-dealkylation sites (N-methyl/N-ethyl adjacent to an activating group) is 1. The van der Waals surface area contributed by atoms with Crippen LogP contribution in [-0.4, -0.2) is 19.4 Å². The van der Waals surface area contributed by atoms with Crippen molar-refractivity contribution in [3.8, 4) is 11.5 Å². The van der Waals surface area contributed by atoms with Gasteiger partial charge in [-0.2, -0.15) is 0 Å². The SMILES string of the molecule is CC(C)C.CN/C(=C/c1ccc(OCc2ccccc2)cc1ON=O)C(=O)NC=O. The topological polar surface area (TPSA) is 106 Å². The Morgan fingerprint density at radius 3 is 2.37 bits per heavy atom. The zero-order chi connectivity index (χ0) is 22.4. The Labute approximate surface area is 176 Å². The maximum absolute atomic E-state index is 11.8. The van der Waals surface area contributed by atoms with Crippen molar-refractivity contribution in [1.82, 2.24) is 10.6 Å². The predicted octanol–water partition coefficient (Wildman–Crippen LogP) is 3.82. The fraction of sp³-hybridized carbons (Fsp3) is 0.273. The van der Waals surface area contributed by atoms with Crippen LogP contribution in [-0.2, 0) is 16.2 Å². The van der Waals surface area contributed by atoms with Gasteiger partial charge < -0.3 is 14.9 Å². The molecule has 0 aromatic heterocycles. The van der Waals surface area contributed by atoms with Gasteiger partial charge in [0.1, 0.15) is 18.1 Å². The van der Waals surface area contributed by atoms with E-state index in [2.05, 4.69) is 31.4 Å². The molecule has 2 aromatic carbocycles. The quantitative estimate of drug-likeness (QED) is 0.280. The number of carbonyl (C=O) groups excluding carboxylic acids is 2. The molecule has 30 heavy (non-hydrogen) atoms. The molecule has 0 heterocycles. The molecule has 0 atom stereocenters. The molecule has 0 unspecified atom stereocenters. The van der Waals surface area contributed by atoms with Crippen LogP contribution in [0.25, 0.3) is 6.08 Å². The van der Waals surface area contributed by atoms with E-state index in [0.717, 1.165) is 11.5 Å². The third-order valence-electron chi connectivity index (χ3n) is 3.37. The third kappa shape index (κ3) is 9.01. The monoisotopic (exact) mass is 413 g/mol. The predicted molar refractivity (Wildman–Crippen MR) is 115 cm³/mol.